The van der Waals surface area contributed by atoms with Crippen LogP contribution in [-0.2, 0) is 0 Å². The molecule has 3 rings (SSSR count). The van der Waals surface area contributed by atoms with Gasteiger partial charge in [-0.3, -0.25) is 0 Å². The van der Waals surface area contributed by atoms with Crippen LogP contribution in [0.4, 0.5) is 17.5 Å². The fraction of sp³-hybridized carbons (Fsp3) is 0.500. The Bertz CT molecular complexity index is 687. The quantitative estimate of drug-likeness (QED) is 0.826. The molecule has 0 saturated carbocycles. The molecule has 134 valence electrons. The van der Waals surface area contributed by atoms with Crippen LogP contribution in [0.5, 0.6) is 5.75 Å². The maximum Gasteiger partial charge on any atom is 0.229 e. The highest BCUT2D eigenvalue weighted by Crippen LogP contribution is 2.27. The van der Waals surface area contributed by atoms with Crippen LogP contribution in [0.2, 0.25) is 0 Å². The lowest BCUT2D eigenvalue weighted by atomic mass is 10.00. The second-order valence-electron chi connectivity index (χ2n) is 6.52. The Morgan fingerprint density at radius 2 is 1.96 bits per heavy atom. The summed E-state index contributed by atoms with van der Waals surface area (Å²) in [5, 5.41) is 3.32. The zero-order chi connectivity index (χ0) is 17.6. The standard InChI is InChI=1S/C20H28N4O/c1-4-17-8-6-7-13-24(17)19-14-15(3)21-20(23-19)22-16-9-11-18(12-10-16)25-5-2/h9-12,14,17H,4-8,13H2,1-3H3,(H,21,22,23). The summed E-state index contributed by atoms with van der Waals surface area (Å²) in [6.45, 7) is 8.02. The van der Waals surface area contributed by atoms with Crippen molar-refractivity contribution in [3.8, 4) is 5.75 Å². The van der Waals surface area contributed by atoms with Gasteiger partial charge in [-0.05, 0) is 63.8 Å². The zero-order valence-electron chi connectivity index (χ0n) is 15.5. The van der Waals surface area contributed by atoms with Crippen LogP contribution in [0.25, 0.3) is 0 Å². The highest BCUT2D eigenvalue weighted by atomic mass is 16.5. The highest BCUT2D eigenvalue weighted by molar-refractivity contribution is 5.57. The molecule has 25 heavy (non-hydrogen) atoms. The first-order chi connectivity index (χ1) is 12.2. The lowest BCUT2D eigenvalue weighted by Crippen LogP contribution is -2.39. The van der Waals surface area contributed by atoms with Gasteiger partial charge in [-0.1, -0.05) is 6.92 Å². The molecule has 0 spiro atoms. The number of anilines is 3. The van der Waals surface area contributed by atoms with Crippen LogP contribution in [-0.4, -0.2) is 29.2 Å². The Kier molecular flexibility index (Phi) is 5.74. The molecular weight excluding hydrogens is 312 g/mol. The monoisotopic (exact) mass is 340 g/mol. The number of piperidine rings is 1. The first kappa shape index (κ1) is 17.5. The molecule has 1 aliphatic heterocycles. The van der Waals surface area contributed by atoms with Crippen LogP contribution in [0.15, 0.2) is 30.3 Å². The SMILES string of the molecule is CCOc1ccc(Nc2nc(C)cc(N3CCCCC3CC)n2)cc1. The van der Waals surface area contributed by atoms with Crippen molar-refractivity contribution in [2.75, 3.05) is 23.4 Å². The van der Waals surface area contributed by atoms with Gasteiger partial charge in [0.2, 0.25) is 5.95 Å². The predicted molar refractivity (Wildman–Crippen MR) is 103 cm³/mol. The van der Waals surface area contributed by atoms with Crippen LogP contribution >= 0.6 is 0 Å². The molecule has 5 nitrogen and oxygen atoms in total. The van der Waals surface area contributed by atoms with Crippen LogP contribution in [0.1, 0.15) is 45.2 Å². The molecule has 0 bridgehead atoms. The van der Waals surface area contributed by atoms with Gasteiger partial charge in [0.15, 0.2) is 0 Å². The minimum Gasteiger partial charge on any atom is -0.494 e. The minimum absolute atomic E-state index is 0.585. The number of ether oxygens (including phenoxy) is 1. The summed E-state index contributed by atoms with van der Waals surface area (Å²) < 4.78 is 5.49. The van der Waals surface area contributed by atoms with Crippen molar-refractivity contribution in [3.05, 3.63) is 36.0 Å². The van der Waals surface area contributed by atoms with Gasteiger partial charge in [0.25, 0.3) is 0 Å². The maximum absolute atomic E-state index is 5.49. The summed E-state index contributed by atoms with van der Waals surface area (Å²) in [6, 6.07) is 10.6. The molecule has 1 saturated heterocycles. The number of hydrogen-bond acceptors (Lipinski definition) is 5. The summed E-state index contributed by atoms with van der Waals surface area (Å²) in [5.74, 6) is 2.56. The molecule has 1 aromatic carbocycles. The van der Waals surface area contributed by atoms with Crippen molar-refractivity contribution in [2.24, 2.45) is 0 Å². The third-order valence-electron chi connectivity index (χ3n) is 4.65. The van der Waals surface area contributed by atoms with Crippen molar-refractivity contribution in [1.29, 1.82) is 0 Å². The van der Waals surface area contributed by atoms with E-state index in [9.17, 15) is 0 Å². The number of hydrogen-bond donors (Lipinski definition) is 1. The Balaban J connectivity index is 1.79. The molecule has 1 atom stereocenters. The van der Waals surface area contributed by atoms with Crippen molar-refractivity contribution < 1.29 is 4.74 Å². The average molecular weight is 340 g/mol. The predicted octanol–water partition coefficient (Wildman–Crippen LogP) is 4.70. The molecule has 2 aromatic rings. The van der Waals surface area contributed by atoms with Gasteiger partial charge in [-0.2, -0.15) is 4.98 Å². The van der Waals surface area contributed by atoms with Gasteiger partial charge in [-0.15, -0.1) is 0 Å². The van der Waals surface area contributed by atoms with E-state index in [0.717, 1.165) is 35.9 Å². The zero-order valence-corrected chi connectivity index (χ0v) is 15.5. The van der Waals surface area contributed by atoms with Crippen molar-refractivity contribution >= 4 is 17.5 Å². The van der Waals surface area contributed by atoms with E-state index >= 15 is 0 Å². The van der Waals surface area contributed by atoms with Gasteiger partial charge < -0.3 is 15.0 Å². The number of nitrogens with one attached hydrogen (secondary N) is 1. The summed E-state index contributed by atoms with van der Waals surface area (Å²) in [6.07, 6.45) is 4.96. The Hall–Kier alpha value is -2.30. The van der Waals surface area contributed by atoms with E-state index in [-0.39, 0.29) is 0 Å². The third-order valence-corrected chi connectivity index (χ3v) is 4.65. The van der Waals surface area contributed by atoms with Gasteiger partial charge in [0.05, 0.1) is 6.61 Å². The fourth-order valence-electron chi connectivity index (χ4n) is 3.41. The van der Waals surface area contributed by atoms with E-state index in [2.05, 4.69) is 28.2 Å². The fourth-order valence-corrected chi connectivity index (χ4v) is 3.41. The van der Waals surface area contributed by atoms with Gasteiger partial charge in [0.1, 0.15) is 11.6 Å². The summed E-state index contributed by atoms with van der Waals surface area (Å²) in [4.78, 5) is 11.8. The number of aryl methyl sites for hydroxylation is 1. The lowest BCUT2D eigenvalue weighted by molar-refractivity contribution is 0.340. The first-order valence-corrected chi connectivity index (χ1v) is 9.31. The van der Waals surface area contributed by atoms with Gasteiger partial charge in [0, 0.05) is 30.0 Å². The molecule has 5 heteroatoms. The van der Waals surface area contributed by atoms with Crippen molar-refractivity contribution in [2.45, 2.75) is 52.5 Å². The van der Waals surface area contributed by atoms with Crippen LogP contribution in [0.3, 0.4) is 0 Å². The number of benzene rings is 1. The first-order valence-electron chi connectivity index (χ1n) is 9.31. The lowest BCUT2D eigenvalue weighted by Gasteiger charge is -2.36. The minimum atomic E-state index is 0.585. The van der Waals surface area contributed by atoms with Crippen molar-refractivity contribution in [3.63, 3.8) is 0 Å². The topological polar surface area (TPSA) is 50.3 Å². The third kappa shape index (κ3) is 4.41. The smallest absolute Gasteiger partial charge is 0.229 e. The number of nitrogens with zero attached hydrogens (tertiary/aromatic N) is 3. The molecule has 2 heterocycles. The molecule has 1 aromatic heterocycles. The molecule has 1 unspecified atom stereocenters. The summed E-state index contributed by atoms with van der Waals surface area (Å²) >= 11 is 0. The van der Waals surface area contributed by atoms with E-state index in [1.807, 2.05) is 38.1 Å². The number of rotatable bonds is 6. The Morgan fingerprint density at radius 1 is 1.16 bits per heavy atom. The largest absolute Gasteiger partial charge is 0.494 e. The van der Waals surface area contributed by atoms with Gasteiger partial charge in [-0.25, -0.2) is 4.98 Å². The van der Waals surface area contributed by atoms with Crippen molar-refractivity contribution in [1.82, 2.24) is 9.97 Å². The molecule has 0 radical (unpaired) electrons. The second-order valence-corrected chi connectivity index (χ2v) is 6.52. The molecular formula is C20H28N4O. The molecule has 1 N–H and O–H groups in total. The normalized spacial score (nSPS) is 17.4. The van der Waals surface area contributed by atoms with E-state index in [4.69, 9.17) is 9.72 Å². The average Bonchev–Trinajstić information content (AvgIpc) is 2.63. The van der Waals surface area contributed by atoms with E-state index in [1.54, 1.807) is 0 Å². The summed E-state index contributed by atoms with van der Waals surface area (Å²) in [5.41, 5.74) is 1.95. The molecule has 0 aliphatic carbocycles. The van der Waals surface area contributed by atoms with Gasteiger partial charge >= 0.3 is 0 Å². The Labute approximate surface area is 150 Å². The van der Waals surface area contributed by atoms with Crippen LogP contribution in [0, 0.1) is 6.92 Å². The van der Waals surface area contributed by atoms with E-state index in [1.165, 1.54) is 19.3 Å². The molecule has 1 aliphatic rings. The van der Waals surface area contributed by atoms with Crippen LogP contribution < -0.4 is 15.0 Å². The Morgan fingerprint density at radius 3 is 2.68 bits per heavy atom. The maximum atomic E-state index is 5.49. The van der Waals surface area contributed by atoms with E-state index < -0.39 is 0 Å². The highest BCUT2D eigenvalue weighted by Gasteiger charge is 2.22. The second kappa shape index (κ2) is 8.19. The summed E-state index contributed by atoms with van der Waals surface area (Å²) in [7, 11) is 0. The number of aromatic nitrogens is 2. The molecule has 1 fully saturated rings. The van der Waals surface area contributed by atoms with E-state index in [0.29, 0.717) is 18.6 Å². The molecule has 0 amide bonds.